The molecule has 1 aliphatic rings. The molecule has 5 rings (SSSR count). The molecule has 1 saturated heterocycles. The van der Waals surface area contributed by atoms with Crippen LogP contribution in [0.25, 0.3) is 22.0 Å². The van der Waals surface area contributed by atoms with Crippen molar-refractivity contribution in [2.75, 3.05) is 18.5 Å². The largest absolute Gasteiger partial charge is 0.377 e. The van der Waals surface area contributed by atoms with Crippen LogP contribution in [0.15, 0.2) is 65.6 Å². The van der Waals surface area contributed by atoms with E-state index in [0.717, 1.165) is 40.4 Å². The molecular weight excluding hydrogens is 472 g/mol. The topological polar surface area (TPSA) is 93.2 Å². The number of aromatic nitrogens is 2. The average Bonchev–Trinajstić information content (AvgIpc) is 3.40. The third-order valence-electron chi connectivity index (χ3n) is 6.61. The molecule has 186 valence electrons. The molecule has 0 aliphatic carbocycles. The van der Waals surface area contributed by atoms with E-state index >= 15 is 0 Å². The minimum absolute atomic E-state index is 0.0739. The summed E-state index contributed by atoms with van der Waals surface area (Å²) in [4.78, 5) is 0.237. The van der Waals surface area contributed by atoms with Gasteiger partial charge in [0.15, 0.2) is 5.82 Å². The average molecular weight is 503 g/mol. The molecule has 36 heavy (non-hydrogen) atoms. The Morgan fingerprint density at radius 3 is 2.50 bits per heavy atom. The molecule has 1 atom stereocenters. The molecule has 0 radical (unpaired) electrons. The van der Waals surface area contributed by atoms with Crippen LogP contribution in [0.1, 0.15) is 29.5 Å². The molecule has 0 unspecified atom stereocenters. The van der Waals surface area contributed by atoms with Gasteiger partial charge < -0.3 is 10.1 Å². The van der Waals surface area contributed by atoms with E-state index in [1.165, 1.54) is 0 Å². The zero-order valence-corrected chi connectivity index (χ0v) is 21.5. The lowest BCUT2D eigenvalue weighted by molar-refractivity contribution is 0.114. The maximum Gasteiger partial charge on any atom is 0.240 e. The van der Waals surface area contributed by atoms with Gasteiger partial charge in [-0.15, -0.1) is 10.2 Å². The lowest BCUT2D eigenvalue weighted by atomic mass is 10.0. The predicted molar refractivity (Wildman–Crippen MR) is 143 cm³/mol. The van der Waals surface area contributed by atoms with E-state index in [4.69, 9.17) is 4.74 Å². The smallest absolute Gasteiger partial charge is 0.240 e. The van der Waals surface area contributed by atoms with Gasteiger partial charge in [0, 0.05) is 35.2 Å². The molecule has 2 heterocycles. The highest BCUT2D eigenvalue weighted by Gasteiger charge is 2.23. The Morgan fingerprint density at radius 1 is 0.944 bits per heavy atom. The number of benzene rings is 3. The van der Waals surface area contributed by atoms with Gasteiger partial charge in [-0.1, -0.05) is 48.5 Å². The van der Waals surface area contributed by atoms with Gasteiger partial charge in [0.25, 0.3) is 0 Å². The monoisotopic (exact) mass is 502 g/mol. The molecule has 0 spiro atoms. The molecule has 1 fully saturated rings. The van der Waals surface area contributed by atoms with Crippen LogP contribution in [0.4, 0.5) is 11.5 Å². The Bertz CT molecular complexity index is 1530. The van der Waals surface area contributed by atoms with Crippen molar-refractivity contribution < 1.29 is 13.2 Å². The van der Waals surface area contributed by atoms with Gasteiger partial charge in [-0.25, -0.2) is 13.1 Å². The van der Waals surface area contributed by atoms with Crippen LogP contribution in [0.3, 0.4) is 0 Å². The van der Waals surface area contributed by atoms with Crippen LogP contribution in [-0.4, -0.2) is 37.9 Å². The fraction of sp³-hybridized carbons (Fsp3) is 0.286. The van der Waals surface area contributed by atoms with E-state index in [-0.39, 0.29) is 17.5 Å². The zero-order chi connectivity index (χ0) is 25.3. The lowest BCUT2D eigenvalue weighted by Gasteiger charge is -2.15. The first-order valence-electron chi connectivity index (χ1n) is 12.1. The van der Waals surface area contributed by atoms with E-state index in [2.05, 4.69) is 45.4 Å². The fourth-order valence-corrected chi connectivity index (χ4v) is 5.86. The van der Waals surface area contributed by atoms with Crippen LogP contribution in [0, 0.1) is 20.8 Å². The van der Waals surface area contributed by atoms with E-state index < -0.39 is 10.0 Å². The van der Waals surface area contributed by atoms with Gasteiger partial charge in [-0.2, -0.15) is 0 Å². The lowest BCUT2D eigenvalue weighted by Crippen LogP contribution is -2.32. The van der Waals surface area contributed by atoms with Crippen LogP contribution in [0.5, 0.6) is 0 Å². The third-order valence-corrected chi connectivity index (χ3v) is 8.18. The number of hydrogen-bond donors (Lipinski definition) is 2. The normalized spacial score (nSPS) is 15.9. The first-order valence-corrected chi connectivity index (χ1v) is 13.6. The quantitative estimate of drug-likeness (QED) is 0.350. The van der Waals surface area contributed by atoms with Crippen molar-refractivity contribution in [3.8, 4) is 11.3 Å². The van der Waals surface area contributed by atoms with Gasteiger partial charge in [0.1, 0.15) is 5.69 Å². The van der Waals surface area contributed by atoms with Gasteiger partial charge in [0.05, 0.1) is 11.0 Å². The summed E-state index contributed by atoms with van der Waals surface area (Å²) in [5, 5.41) is 14.3. The van der Waals surface area contributed by atoms with Crippen molar-refractivity contribution in [1.82, 2.24) is 14.9 Å². The Hall–Kier alpha value is -3.33. The predicted octanol–water partition coefficient (Wildman–Crippen LogP) is 5.42. The summed E-state index contributed by atoms with van der Waals surface area (Å²) < 4.78 is 34.6. The highest BCUT2D eigenvalue weighted by molar-refractivity contribution is 7.89. The number of hydrogen-bond acceptors (Lipinski definition) is 6. The number of rotatable bonds is 7. The number of nitrogens with one attached hydrogen (secondary N) is 2. The second kappa shape index (κ2) is 9.97. The minimum atomic E-state index is -3.71. The Kier molecular flexibility index (Phi) is 6.75. The third kappa shape index (κ3) is 4.97. The molecule has 7 nitrogen and oxygen atoms in total. The minimum Gasteiger partial charge on any atom is -0.377 e. The van der Waals surface area contributed by atoms with Crippen molar-refractivity contribution >= 4 is 32.3 Å². The summed E-state index contributed by atoms with van der Waals surface area (Å²) in [7, 11) is -3.71. The van der Waals surface area contributed by atoms with Crippen molar-refractivity contribution in [3.05, 3.63) is 77.4 Å². The number of anilines is 2. The highest BCUT2D eigenvalue weighted by atomic mass is 32.2. The van der Waals surface area contributed by atoms with Crippen molar-refractivity contribution in [3.63, 3.8) is 0 Å². The number of nitrogens with zero attached hydrogens (tertiary/aromatic N) is 2. The number of aryl methyl sites for hydroxylation is 3. The van der Waals surface area contributed by atoms with E-state index in [9.17, 15) is 8.42 Å². The molecule has 2 N–H and O–H groups in total. The van der Waals surface area contributed by atoms with Crippen molar-refractivity contribution in [2.45, 2.75) is 44.6 Å². The summed E-state index contributed by atoms with van der Waals surface area (Å²) in [6.07, 6.45) is 1.75. The first-order chi connectivity index (χ1) is 17.3. The van der Waals surface area contributed by atoms with Gasteiger partial charge in [0.2, 0.25) is 10.0 Å². The molecule has 1 aliphatic heterocycles. The summed E-state index contributed by atoms with van der Waals surface area (Å²) >= 11 is 0. The molecular formula is C28H30N4O3S. The molecule has 1 aromatic heterocycles. The van der Waals surface area contributed by atoms with Crippen LogP contribution >= 0.6 is 0 Å². The molecule has 0 saturated carbocycles. The van der Waals surface area contributed by atoms with Crippen molar-refractivity contribution in [1.29, 1.82) is 0 Å². The van der Waals surface area contributed by atoms with Crippen LogP contribution in [-0.2, 0) is 14.8 Å². The Morgan fingerprint density at radius 2 is 1.72 bits per heavy atom. The Balaban J connectivity index is 1.52. The number of fused-ring (bicyclic) bond motifs is 1. The molecule has 0 amide bonds. The highest BCUT2D eigenvalue weighted by Crippen LogP contribution is 2.33. The molecule has 8 heteroatoms. The maximum atomic E-state index is 13.2. The molecule has 4 aromatic rings. The van der Waals surface area contributed by atoms with Gasteiger partial charge >= 0.3 is 0 Å². The first kappa shape index (κ1) is 24.4. The summed E-state index contributed by atoms with van der Waals surface area (Å²) in [5.41, 5.74) is 5.23. The second-order valence-electron chi connectivity index (χ2n) is 9.35. The van der Waals surface area contributed by atoms with Gasteiger partial charge in [-0.05, 0) is 62.4 Å². The maximum absolute atomic E-state index is 13.2. The second-order valence-corrected chi connectivity index (χ2v) is 11.1. The Labute approximate surface area is 212 Å². The van der Waals surface area contributed by atoms with E-state index in [1.54, 1.807) is 13.0 Å². The standard InChI is InChI=1S/C28H30N4O3S/c1-18-10-11-19(2)25(15-18)30-28-24-9-5-4-8-23(24)27(31-32-28)21-13-12-20(3)26(16-21)36(33,34)29-17-22-7-6-14-35-22/h4-5,8-13,15-16,22,29H,6-7,14,17H2,1-3H3,(H,30,32)/t22-/m0/s1. The molecule has 0 bridgehead atoms. The summed E-state index contributed by atoms with van der Waals surface area (Å²) in [5.74, 6) is 0.654. The van der Waals surface area contributed by atoms with Gasteiger partial charge in [-0.3, -0.25) is 0 Å². The number of ether oxygens (including phenoxy) is 1. The SMILES string of the molecule is Cc1ccc(C)c(Nc2nnc(-c3ccc(C)c(S(=O)(=O)NC[C@@H]4CCCO4)c3)c3ccccc23)c1. The number of sulfonamides is 1. The van der Waals surface area contributed by atoms with E-state index in [1.807, 2.05) is 43.3 Å². The summed E-state index contributed by atoms with van der Waals surface area (Å²) in [6.45, 7) is 6.85. The van der Waals surface area contributed by atoms with Crippen molar-refractivity contribution in [2.24, 2.45) is 0 Å². The van der Waals surface area contributed by atoms with E-state index in [0.29, 0.717) is 29.2 Å². The van der Waals surface area contributed by atoms with Crippen LogP contribution in [0.2, 0.25) is 0 Å². The zero-order valence-electron chi connectivity index (χ0n) is 20.7. The molecule has 3 aromatic carbocycles. The fourth-order valence-electron chi connectivity index (χ4n) is 4.53. The van der Waals surface area contributed by atoms with Crippen LogP contribution < -0.4 is 10.0 Å². The summed E-state index contributed by atoms with van der Waals surface area (Å²) in [6, 6.07) is 19.5.